The fraction of sp³-hybridized carbons (Fsp3) is 0.379. The Morgan fingerprint density at radius 1 is 1.07 bits per heavy atom. The minimum absolute atomic E-state index is 0.220. The highest BCUT2D eigenvalue weighted by Gasteiger charge is 2.36. The van der Waals surface area contributed by atoms with Crippen LogP contribution in [0.2, 0.25) is 0 Å². The molecule has 0 saturated carbocycles. The summed E-state index contributed by atoms with van der Waals surface area (Å²) in [6.07, 6.45) is 9.77. The highest BCUT2D eigenvalue weighted by molar-refractivity contribution is 8.47. The van der Waals surface area contributed by atoms with E-state index < -0.39 is 20.9 Å². The van der Waals surface area contributed by atoms with Gasteiger partial charge in [0.05, 0.1) is 35.7 Å². The maximum absolute atomic E-state index is 13.8. The Kier molecular flexibility index (Phi) is 7.38. The van der Waals surface area contributed by atoms with Crippen molar-refractivity contribution in [1.29, 1.82) is 0 Å². The first-order chi connectivity index (χ1) is 19.6. The summed E-state index contributed by atoms with van der Waals surface area (Å²) in [7, 11) is -1.74. The number of thiol groups is 1. The minimum Gasteiger partial charge on any atom is -0.384 e. The molecule has 0 bridgehead atoms. The van der Waals surface area contributed by atoms with Crippen molar-refractivity contribution in [3.05, 3.63) is 66.2 Å². The Balaban J connectivity index is 1.49. The Bertz CT molecular complexity index is 1590. The summed E-state index contributed by atoms with van der Waals surface area (Å²) in [6, 6.07) is 7.89. The van der Waals surface area contributed by atoms with Crippen LogP contribution >= 0.6 is 9.16 Å². The van der Waals surface area contributed by atoms with E-state index >= 15 is 0 Å². The lowest BCUT2D eigenvalue weighted by molar-refractivity contribution is -0.137. The van der Waals surface area contributed by atoms with Gasteiger partial charge >= 0.3 is 6.18 Å². The van der Waals surface area contributed by atoms with Gasteiger partial charge in [-0.05, 0) is 74.1 Å². The first-order valence-corrected chi connectivity index (χ1v) is 17.7. The number of alkyl halides is 3. The number of nitrogen functional groups attached to an aromatic ring is 1. The highest BCUT2D eigenvalue weighted by Crippen LogP contribution is 2.54. The number of hydrogen-bond acceptors (Lipinski definition) is 6. The molecule has 3 aromatic heterocycles. The van der Waals surface area contributed by atoms with Crippen LogP contribution in [-0.2, 0) is 17.6 Å². The van der Waals surface area contributed by atoms with Crippen molar-refractivity contribution in [3.8, 4) is 22.6 Å². The third kappa shape index (κ3) is 6.31. The van der Waals surface area contributed by atoms with Crippen LogP contribution in [-0.4, -0.2) is 74.2 Å². The number of rotatable bonds is 8. The molecule has 0 aliphatic carbocycles. The van der Waals surface area contributed by atoms with Crippen LogP contribution in [0.1, 0.15) is 29.0 Å². The molecule has 1 aliphatic rings. The van der Waals surface area contributed by atoms with Gasteiger partial charge in [0.25, 0.3) is 5.91 Å². The van der Waals surface area contributed by atoms with Crippen LogP contribution in [0.4, 0.5) is 24.7 Å². The Hall–Kier alpha value is -3.84. The smallest absolute Gasteiger partial charge is 0.384 e. The van der Waals surface area contributed by atoms with Gasteiger partial charge in [-0.25, -0.2) is 9.97 Å². The van der Waals surface area contributed by atoms with Gasteiger partial charge in [-0.2, -0.15) is 18.3 Å². The normalized spacial score (nSPS) is 16.8. The molecule has 13 heteroatoms. The van der Waals surface area contributed by atoms with Crippen LogP contribution in [0.5, 0.6) is 0 Å². The molecular weight excluding hydrogens is 567 g/mol. The molecule has 5 rings (SSSR count). The molecule has 0 saturated heterocycles. The molecule has 0 spiro atoms. The second-order valence-electron chi connectivity index (χ2n) is 12.8. The predicted molar refractivity (Wildman–Crippen MR) is 162 cm³/mol. The molecule has 0 radical (unpaired) electrons. The van der Waals surface area contributed by atoms with Gasteiger partial charge in [-0.15, -0.1) is 0 Å². The molecular formula is C29H36F3N7O2S. The fourth-order valence-electron chi connectivity index (χ4n) is 4.71. The molecule has 9 nitrogen and oxygen atoms in total. The van der Waals surface area contributed by atoms with Crippen molar-refractivity contribution >= 4 is 26.6 Å². The number of nitrogens with two attached hydrogens (primary N) is 1. The number of amides is 1. The van der Waals surface area contributed by atoms with Crippen LogP contribution < -0.4 is 10.6 Å². The molecule has 1 aromatic carbocycles. The SMILES string of the molecule is CC1CN(c2ccc(C(F)(F)F)cc2)C(=O)c2c(-c3cn(COCC[SH](C)(C)(C)C)c(-c4ccc(N)nc4)n3)cnn21. The number of fused-ring (bicyclic) bond motifs is 1. The number of nitrogens with zero attached hydrogens (tertiary/aromatic N) is 6. The summed E-state index contributed by atoms with van der Waals surface area (Å²) in [5, 5.41) is 4.49. The number of halogens is 3. The van der Waals surface area contributed by atoms with Crippen molar-refractivity contribution < 1.29 is 22.7 Å². The van der Waals surface area contributed by atoms with Crippen molar-refractivity contribution in [2.24, 2.45) is 0 Å². The first-order valence-electron chi connectivity index (χ1n) is 13.5. The van der Waals surface area contributed by atoms with Gasteiger partial charge in [0, 0.05) is 30.2 Å². The predicted octanol–water partition coefficient (Wildman–Crippen LogP) is 5.20. The summed E-state index contributed by atoms with van der Waals surface area (Å²) in [4.78, 5) is 24.3. The van der Waals surface area contributed by atoms with E-state index in [-0.39, 0.29) is 25.2 Å². The summed E-state index contributed by atoms with van der Waals surface area (Å²) in [6.45, 7) is 3.00. The number of benzene rings is 1. The number of ether oxygens (including phenoxy) is 1. The van der Waals surface area contributed by atoms with Crippen molar-refractivity contribution in [2.75, 3.05) is 54.6 Å². The molecule has 1 aliphatic heterocycles. The fourth-order valence-corrected chi connectivity index (χ4v) is 5.57. The van der Waals surface area contributed by atoms with Gasteiger partial charge in [0.2, 0.25) is 0 Å². The van der Waals surface area contributed by atoms with Crippen LogP contribution in [0.25, 0.3) is 22.6 Å². The Labute approximate surface area is 242 Å². The van der Waals surface area contributed by atoms with E-state index in [4.69, 9.17) is 15.5 Å². The van der Waals surface area contributed by atoms with Crippen LogP contribution in [0.3, 0.4) is 0 Å². The largest absolute Gasteiger partial charge is 0.416 e. The number of hydrogen-bond donors (Lipinski definition) is 2. The van der Waals surface area contributed by atoms with Gasteiger partial charge in [0.15, 0.2) is 0 Å². The number of anilines is 2. The molecule has 4 heterocycles. The van der Waals surface area contributed by atoms with Crippen LogP contribution in [0.15, 0.2) is 55.0 Å². The van der Waals surface area contributed by atoms with Crippen molar-refractivity contribution in [1.82, 2.24) is 24.3 Å². The molecule has 226 valence electrons. The molecule has 1 atom stereocenters. The maximum atomic E-state index is 13.8. The molecule has 1 unspecified atom stereocenters. The number of carbonyl (C=O) groups excluding carboxylic acids is 1. The second kappa shape index (κ2) is 10.5. The van der Waals surface area contributed by atoms with Crippen molar-refractivity contribution in [3.63, 3.8) is 0 Å². The standard InChI is InChI=1S/C29H36F3N7O2S/c1-19-16-38(22-9-7-21(8-10-22)29(30,31)32)28(40)26-23(15-35-39(19)26)24-17-37(18-41-12-13-42(2,3,4)5)27(36-24)20-6-11-25(33)34-14-20/h6-11,14-15,17,19,42H,12-13,16,18H2,1-5H3,(H2,33,34). The topological polar surface area (TPSA) is 104 Å². The third-order valence-electron chi connectivity index (χ3n) is 7.07. The van der Waals surface area contributed by atoms with Gasteiger partial charge in [-0.1, -0.05) is 0 Å². The monoisotopic (exact) mass is 603 g/mol. The first kappa shape index (κ1) is 29.6. The van der Waals surface area contributed by atoms with E-state index in [1.165, 1.54) is 17.0 Å². The van der Waals surface area contributed by atoms with Gasteiger partial charge < -0.3 is 19.9 Å². The Morgan fingerprint density at radius 3 is 2.40 bits per heavy atom. The summed E-state index contributed by atoms with van der Waals surface area (Å²) < 4.78 is 48.9. The summed E-state index contributed by atoms with van der Waals surface area (Å²) >= 11 is 0. The zero-order chi connectivity index (χ0) is 30.5. The van der Waals surface area contributed by atoms with Gasteiger partial charge in [0.1, 0.15) is 24.1 Å². The van der Waals surface area contributed by atoms with E-state index in [9.17, 15) is 18.0 Å². The summed E-state index contributed by atoms with van der Waals surface area (Å²) in [5.74, 6) is 1.57. The van der Waals surface area contributed by atoms with Gasteiger partial charge in [-0.3, -0.25) is 18.6 Å². The lowest BCUT2D eigenvalue weighted by atomic mass is 10.1. The zero-order valence-electron chi connectivity index (χ0n) is 24.3. The zero-order valence-corrected chi connectivity index (χ0v) is 25.2. The second-order valence-corrected chi connectivity index (χ2v) is 21.1. The molecule has 0 fully saturated rings. The van der Waals surface area contributed by atoms with E-state index in [0.717, 1.165) is 23.4 Å². The summed E-state index contributed by atoms with van der Waals surface area (Å²) in [5.41, 5.74) is 7.47. The number of aromatic nitrogens is 5. The average Bonchev–Trinajstić information content (AvgIpc) is 3.53. The maximum Gasteiger partial charge on any atom is 0.416 e. The van der Waals surface area contributed by atoms with E-state index in [0.29, 0.717) is 40.9 Å². The third-order valence-corrected chi connectivity index (χ3v) is 9.04. The minimum atomic E-state index is -4.46. The quantitative estimate of drug-likeness (QED) is 0.212. The van der Waals surface area contributed by atoms with E-state index in [1.54, 1.807) is 23.1 Å². The van der Waals surface area contributed by atoms with E-state index in [1.807, 2.05) is 23.8 Å². The number of pyridine rings is 1. The highest BCUT2D eigenvalue weighted by atomic mass is 32.3. The molecule has 1 amide bonds. The lowest BCUT2D eigenvalue weighted by Gasteiger charge is -2.46. The number of imidazole rings is 1. The van der Waals surface area contributed by atoms with Crippen LogP contribution in [0, 0.1) is 0 Å². The molecule has 2 N–H and O–H groups in total. The molecule has 42 heavy (non-hydrogen) atoms. The number of carbonyl (C=O) groups is 1. The molecule has 4 aromatic rings. The average molecular weight is 604 g/mol. The van der Waals surface area contributed by atoms with E-state index in [2.05, 4.69) is 35.1 Å². The van der Waals surface area contributed by atoms with Crippen molar-refractivity contribution in [2.45, 2.75) is 25.9 Å². The lowest BCUT2D eigenvalue weighted by Crippen LogP contribution is -2.42. The Morgan fingerprint density at radius 2 is 1.79 bits per heavy atom.